The molecule has 0 saturated heterocycles. The van der Waals surface area contributed by atoms with E-state index in [1.807, 2.05) is 13.8 Å². The Morgan fingerprint density at radius 1 is 0.733 bits per heavy atom. The molecule has 0 amide bonds. The van der Waals surface area contributed by atoms with Gasteiger partial charge in [-0.2, -0.15) is 0 Å². The predicted octanol–water partition coefficient (Wildman–Crippen LogP) is 1.27. The minimum absolute atomic E-state index is 0.248. The summed E-state index contributed by atoms with van der Waals surface area (Å²) in [7, 11) is 0. The Kier molecular flexibility index (Phi) is 2.81. The lowest BCUT2D eigenvalue weighted by atomic mass is 9.96. The number of halogens is 1. The molecule has 10 N–H and O–H groups in total. The van der Waals surface area contributed by atoms with Crippen LogP contribution in [0.2, 0.25) is 0 Å². The van der Waals surface area contributed by atoms with Crippen molar-refractivity contribution in [3.63, 3.8) is 0 Å². The Bertz CT molecular complexity index is 379. The molecule has 6 heteroatoms. The van der Waals surface area contributed by atoms with Crippen molar-refractivity contribution in [2.24, 2.45) is 0 Å². The van der Waals surface area contributed by atoms with E-state index in [9.17, 15) is 0 Å². The first kappa shape index (κ1) is 12.0. The molecule has 1 aromatic carbocycles. The summed E-state index contributed by atoms with van der Waals surface area (Å²) in [6.07, 6.45) is 0. The molecule has 84 valence electrons. The monoisotopic (exact) mass is 321 g/mol. The molecule has 1 aromatic rings. The van der Waals surface area contributed by atoms with Crippen LogP contribution in [0.3, 0.4) is 0 Å². The van der Waals surface area contributed by atoms with E-state index in [2.05, 4.69) is 22.6 Å². The van der Waals surface area contributed by atoms with Crippen molar-refractivity contribution in [1.82, 2.24) is 0 Å². The Hall–Kier alpha value is -1.05. The first-order valence-corrected chi connectivity index (χ1v) is 5.46. The van der Waals surface area contributed by atoms with Crippen LogP contribution >= 0.6 is 22.6 Å². The minimum atomic E-state index is -0.248. The van der Waals surface area contributed by atoms with Crippen LogP contribution in [-0.2, 0) is 3.42 Å². The van der Waals surface area contributed by atoms with Crippen molar-refractivity contribution in [3.8, 4) is 0 Å². The van der Waals surface area contributed by atoms with Crippen molar-refractivity contribution in [2.75, 3.05) is 28.7 Å². The molecule has 0 bridgehead atoms. The summed E-state index contributed by atoms with van der Waals surface area (Å²) < 4.78 is -0.248. The Morgan fingerprint density at radius 2 is 1.00 bits per heavy atom. The number of rotatable bonds is 1. The van der Waals surface area contributed by atoms with Gasteiger partial charge in [-0.3, -0.25) is 0 Å². The molecule has 0 unspecified atom stereocenters. The maximum absolute atomic E-state index is 5.89. The van der Waals surface area contributed by atoms with Gasteiger partial charge in [0.1, 0.15) is 0 Å². The van der Waals surface area contributed by atoms with Crippen molar-refractivity contribution >= 4 is 51.0 Å². The SMILES string of the molecule is CC(C)(I)c1c(N)c(N)c(N)c(N)c1N. The number of alkyl halides is 1. The number of anilines is 5. The van der Waals surface area contributed by atoms with Gasteiger partial charge >= 0.3 is 0 Å². The molecule has 0 aliphatic carbocycles. The highest BCUT2D eigenvalue weighted by atomic mass is 127. The fourth-order valence-electron chi connectivity index (χ4n) is 1.49. The second-order valence-corrected chi connectivity index (χ2v) is 6.61. The molecule has 1 rings (SSSR count). The van der Waals surface area contributed by atoms with E-state index in [1.165, 1.54) is 0 Å². The average Bonchev–Trinajstić information content (AvgIpc) is 2.09. The normalized spacial score (nSPS) is 11.7. The highest BCUT2D eigenvalue weighted by molar-refractivity contribution is 14.1. The minimum Gasteiger partial charge on any atom is -0.397 e. The summed E-state index contributed by atoms with van der Waals surface area (Å²) in [5, 5.41) is 0. The second kappa shape index (κ2) is 3.51. The third-order valence-corrected chi connectivity index (χ3v) is 2.83. The van der Waals surface area contributed by atoms with Crippen molar-refractivity contribution in [2.45, 2.75) is 17.3 Å². The van der Waals surface area contributed by atoms with E-state index >= 15 is 0 Å². The molecule has 0 fully saturated rings. The van der Waals surface area contributed by atoms with Crippen LogP contribution in [-0.4, -0.2) is 0 Å². The largest absolute Gasteiger partial charge is 0.397 e. The second-order valence-electron chi connectivity index (χ2n) is 3.92. The molecule has 0 aliphatic heterocycles. The molecule has 0 atom stereocenters. The van der Waals surface area contributed by atoms with Gasteiger partial charge in [0, 0.05) is 8.99 Å². The van der Waals surface area contributed by atoms with Crippen LogP contribution in [0.4, 0.5) is 28.4 Å². The first-order chi connectivity index (χ1) is 6.68. The van der Waals surface area contributed by atoms with Crippen molar-refractivity contribution in [1.29, 1.82) is 0 Å². The van der Waals surface area contributed by atoms with Gasteiger partial charge < -0.3 is 28.7 Å². The predicted molar refractivity (Wildman–Crippen MR) is 75.5 cm³/mol. The summed E-state index contributed by atoms with van der Waals surface area (Å²) in [6.45, 7) is 3.95. The molecule has 0 radical (unpaired) electrons. The highest BCUT2D eigenvalue weighted by Crippen LogP contribution is 2.46. The van der Waals surface area contributed by atoms with E-state index < -0.39 is 0 Å². The van der Waals surface area contributed by atoms with Crippen molar-refractivity contribution < 1.29 is 0 Å². The summed E-state index contributed by atoms with van der Waals surface area (Å²) in [5.74, 6) is 0. The standard InChI is InChI=1S/C9H16IN5/c1-9(2,10)3-4(11)6(13)8(15)7(14)5(3)12/h11-15H2,1-2H3. The zero-order valence-corrected chi connectivity index (χ0v) is 10.9. The van der Waals surface area contributed by atoms with Crippen LogP contribution < -0.4 is 28.7 Å². The Morgan fingerprint density at radius 3 is 1.27 bits per heavy atom. The lowest BCUT2D eigenvalue weighted by molar-refractivity contribution is 0.834. The lowest BCUT2D eigenvalue weighted by Crippen LogP contribution is -2.18. The summed E-state index contributed by atoms with van der Waals surface area (Å²) in [4.78, 5) is 0. The van der Waals surface area contributed by atoms with Crippen LogP contribution in [0, 0.1) is 0 Å². The van der Waals surface area contributed by atoms with Gasteiger partial charge in [0.05, 0.1) is 28.4 Å². The topological polar surface area (TPSA) is 130 Å². The van der Waals surface area contributed by atoms with E-state index in [1.54, 1.807) is 0 Å². The summed E-state index contributed by atoms with van der Waals surface area (Å²) >= 11 is 2.23. The van der Waals surface area contributed by atoms with E-state index in [4.69, 9.17) is 28.7 Å². The molecular weight excluding hydrogens is 305 g/mol. The zero-order valence-electron chi connectivity index (χ0n) is 8.76. The molecular formula is C9H16IN5. The van der Waals surface area contributed by atoms with Gasteiger partial charge in [-0.15, -0.1) is 0 Å². The lowest BCUT2D eigenvalue weighted by Gasteiger charge is -2.24. The van der Waals surface area contributed by atoms with Crippen LogP contribution in [0.15, 0.2) is 0 Å². The van der Waals surface area contributed by atoms with Crippen LogP contribution in [0.5, 0.6) is 0 Å². The van der Waals surface area contributed by atoms with E-state index in [-0.39, 0.29) is 9.11 Å². The highest BCUT2D eigenvalue weighted by Gasteiger charge is 2.26. The number of benzene rings is 1. The third-order valence-electron chi connectivity index (χ3n) is 2.29. The van der Waals surface area contributed by atoms with Gasteiger partial charge in [0.25, 0.3) is 0 Å². The number of nitrogen functional groups attached to an aromatic ring is 5. The number of hydrogen-bond donors (Lipinski definition) is 5. The summed E-state index contributed by atoms with van der Waals surface area (Å²) in [6, 6.07) is 0. The van der Waals surface area contributed by atoms with Gasteiger partial charge in [-0.05, 0) is 13.8 Å². The van der Waals surface area contributed by atoms with Crippen LogP contribution in [0.25, 0.3) is 0 Å². The van der Waals surface area contributed by atoms with Gasteiger partial charge in [-0.1, -0.05) is 22.6 Å². The molecule has 15 heavy (non-hydrogen) atoms. The van der Waals surface area contributed by atoms with Gasteiger partial charge in [0.2, 0.25) is 0 Å². The van der Waals surface area contributed by atoms with Gasteiger partial charge in [-0.25, -0.2) is 0 Å². The molecule has 0 aliphatic rings. The number of hydrogen-bond acceptors (Lipinski definition) is 5. The van der Waals surface area contributed by atoms with E-state index in [0.717, 1.165) is 5.56 Å². The maximum Gasteiger partial charge on any atom is 0.0824 e. The van der Waals surface area contributed by atoms with E-state index in [0.29, 0.717) is 22.7 Å². The zero-order chi connectivity index (χ0) is 12.0. The molecule has 0 saturated carbocycles. The Labute approximate surface area is 102 Å². The fraction of sp³-hybridized carbons (Fsp3) is 0.333. The maximum atomic E-state index is 5.89. The fourth-order valence-corrected chi connectivity index (χ4v) is 2.07. The van der Waals surface area contributed by atoms with Crippen LogP contribution in [0.1, 0.15) is 19.4 Å². The van der Waals surface area contributed by atoms with Gasteiger partial charge in [0.15, 0.2) is 0 Å². The number of nitrogens with two attached hydrogens (primary N) is 5. The molecule has 0 spiro atoms. The quantitative estimate of drug-likeness (QED) is 0.302. The molecule has 5 nitrogen and oxygen atoms in total. The van der Waals surface area contributed by atoms with Crippen molar-refractivity contribution in [3.05, 3.63) is 5.56 Å². The molecule has 0 heterocycles. The smallest absolute Gasteiger partial charge is 0.0824 e. The third kappa shape index (κ3) is 1.85. The molecule has 0 aromatic heterocycles. The first-order valence-electron chi connectivity index (χ1n) is 4.38. The Balaban J connectivity index is 3.68. The average molecular weight is 321 g/mol. The summed E-state index contributed by atoms with van der Waals surface area (Å²) in [5.41, 5.74) is 31.4.